The Kier molecular flexibility index (Phi) is 4.53. The van der Waals surface area contributed by atoms with Crippen LogP contribution in [-0.4, -0.2) is 34.0 Å². The van der Waals surface area contributed by atoms with Crippen LogP contribution in [0.4, 0.5) is 0 Å². The van der Waals surface area contributed by atoms with E-state index in [4.69, 9.17) is 14.5 Å². The smallest absolute Gasteiger partial charge is 0.161 e. The quantitative estimate of drug-likeness (QED) is 0.546. The van der Waals surface area contributed by atoms with E-state index in [0.717, 1.165) is 28.0 Å². The Morgan fingerprint density at radius 3 is 2.29 bits per heavy atom. The Balaban J connectivity index is 1.86. The van der Waals surface area contributed by atoms with Crippen molar-refractivity contribution in [3.8, 4) is 34.4 Å². The lowest BCUT2D eigenvalue weighted by atomic mass is 10.1. The fraction of sp³-hybridized carbons (Fsp3) is 0.136. The normalized spacial score (nSPS) is 10.9. The van der Waals surface area contributed by atoms with Gasteiger partial charge < -0.3 is 24.3 Å². The van der Waals surface area contributed by atoms with Gasteiger partial charge >= 0.3 is 0 Å². The lowest BCUT2D eigenvalue weighted by Gasteiger charge is -2.12. The summed E-state index contributed by atoms with van der Waals surface area (Å²) in [6, 6.07) is 18.4. The second-order valence-corrected chi connectivity index (χ2v) is 6.40. The van der Waals surface area contributed by atoms with Gasteiger partial charge in [0.25, 0.3) is 0 Å². The summed E-state index contributed by atoms with van der Waals surface area (Å²) in [5, 5.41) is 19.8. The van der Waals surface area contributed by atoms with E-state index >= 15 is 0 Å². The van der Waals surface area contributed by atoms with Gasteiger partial charge in [0.15, 0.2) is 23.0 Å². The number of ether oxygens (including phenoxy) is 2. The number of phenols is 2. The molecular weight excluding hydrogens is 356 g/mol. The molecule has 0 aliphatic carbocycles. The van der Waals surface area contributed by atoms with Crippen LogP contribution in [0.1, 0.15) is 5.56 Å². The van der Waals surface area contributed by atoms with Crippen molar-refractivity contribution in [2.75, 3.05) is 14.2 Å². The van der Waals surface area contributed by atoms with Crippen molar-refractivity contribution in [2.45, 2.75) is 6.54 Å². The maximum Gasteiger partial charge on any atom is 0.161 e. The first-order valence-corrected chi connectivity index (χ1v) is 8.79. The van der Waals surface area contributed by atoms with Crippen molar-refractivity contribution >= 4 is 11.0 Å². The van der Waals surface area contributed by atoms with Crippen molar-refractivity contribution in [1.29, 1.82) is 0 Å². The topological polar surface area (TPSA) is 76.7 Å². The number of imidazole rings is 1. The van der Waals surface area contributed by atoms with Crippen LogP contribution in [0.3, 0.4) is 0 Å². The van der Waals surface area contributed by atoms with Gasteiger partial charge in [0, 0.05) is 12.1 Å². The molecule has 0 unspecified atom stereocenters. The van der Waals surface area contributed by atoms with E-state index in [1.54, 1.807) is 18.2 Å². The third-order valence-electron chi connectivity index (χ3n) is 4.68. The molecule has 0 saturated carbocycles. The SMILES string of the molecule is COc1cc(Cn2c(-c3ccc(O)c(OC)c3)nc3ccccc32)ccc1O. The fourth-order valence-electron chi connectivity index (χ4n) is 3.28. The predicted octanol–water partition coefficient (Wildman–Crippen LogP) is 4.18. The van der Waals surface area contributed by atoms with Gasteiger partial charge in [-0.25, -0.2) is 4.98 Å². The van der Waals surface area contributed by atoms with Gasteiger partial charge in [-0.15, -0.1) is 0 Å². The number of fused-ring (bicyclic) bond motifs is 1. The molecule has 0 saturated heterocycles. The minimum atomic E-state index is 0.0807. The molecule has 0 aliphatic rings. The zero-order chi connectivity index (χ0) is 19.7. The standard InChI is InChI=1S/C22H20N2O4/c1-27-20-11-14(7-9-18(20)25)13-24-17-6-4-3-5-16(17)23-22(24)15-8-10-19(26)21(12-15)28-2/h3-12,25-26H,13H2,1-2H3. The third-order valence-corrected chi connectivity index (χ3v) is 4.68. The van der Waals surface area contributed by atoms with E-state index in [0.29, 0.717) is 18.0 Å². The van der Waals surface area contributed by atoms with Crippen molar-refractivity contribution in [3.05, 3.63) is 66.2 Å². The maximum absolute atomic E-state index is 9.92. The summed E-state index contributed by atoms with van der Waals surface area (Å²) in [7, 11) is 3.05. The molecule has 3 aromatic carbocycles. The summed E-state index contributed by atoms with van der Waals surface area (Å²) in [6.07, 6.45) is 0. The van der Waals surface area contributed by atoms with E-state index < -0.39 is 0 Å². The average molecular weight is 376 g/mol. The number of para-hydroxylation sites is 2. The summed E-state index contributed by atoms with van der Waals surface area (Å²) < 4.78 is 12.6. The Morgan fingerprint density at radius 2 is 1.54 bits per heavy atom. The molecule has 6 heteroatoms. The predicted molar refractivity (Wildman–Crippen MR) is 107 cm³/mol. The van der Waals surface area contributed by atoms with Gasteiger partial charge in [-0.05, 0) is 48.0 Å². The largest absolute Gasteiger partial charge is 0.504 e. The van der Waals surface area contributed by atoms with Crippen LogP contribution in [0.15, 0.2) is 60.7 Å². The number of hydrogen-bond acceptors (Lipinski definition) is 5. The van der Waals surface area contributed by atoms with Crippen LogP contribution in [0, 0.1) is 0 Å². The number of benzene rings is 3. The third kappa shape index (κ3) is 3.09. The lowest BCUT2D eigenvalue weighted by Crippen LogP contribution is -2.03. The van der Waals surface area contributed by atoms with Crippen molar-refractivity contribution in [1.82, 2.24) is 9.55 Å². The molecule has 0 bridgehead atoms. The summed E-state index contributed by atoms with van der Waals surface area (Å²) in [5.74, 6) is 1.76. The first-order valence-electron chi connectivity index (χ1n) is 8.79. The minimum absolute atomic E-state index is 0.0807. The van der Waals surface area contributed by atoms with Crippen LogP contribution in [0.25, 0.3) is 22.4 Å². The first-order chi connectivity index (χ1) is 13.6. The zero-order valence-corrected chi connectivity index (χ0v) is 15.6. The number of aromatic nitrogens is 2. The second-order valence-electron chi connectivity index (χ2n) is 6.40. The van der Waals surface area contributed by atoms with E-state index in [9.17, 15) is 10.2 Å². The molecule has 0 aliphatic heterocycles. The van der Waals surface area contributed by atoms with Crippen LogP contribution < -0.4 is 9.47 Å². The Bertz CT molecular complexity index is 1150. The highest BCUT2D eigenvalue weighted by Gasteiger charge is 2.15. The number of nitrogens with zero attached hydrogens (tertiary/aromatic N) is 2. The number of phenolic OH excluding ortho intramolecular Hbond substituents is 2. The molecule has 4 rings (SSSR count). The molecule has 6 nitrogen and oxygen atoms in total. The Hall–Kier alpha value is -3.67. The molecule has 1 heterocycles. The summed E-state index contributed by atoms with van der Waals surface area (Å²) >= 11 is 0. The van der Waals surface area contributed by atoms with Crippen molar-refractivity contribution in [2.24, 2.45) is 0 Å². The Labute approximate surface area is 162 Å². The van der Waals surface area contributed by atoms with Crippen LogP contribution in [0.5, 0.6) is 23.0 Å². The summed E-state index contributed by atoms with van der Waals surface area (Å²) in [4.78, 5) is 4.79. The van der Waals surface area contributed by atoms with Gasteiger partial charge in [0.1, 0.15) is 5.82 Å². The molecule has 142 valence electrons. The van der Waals surface area contributed by atoms with E-state index in [2.05, 4.69) is 4.57 Å². The molecule has 0 fully saturated rings. The van der Waals surface area contributed by atoms with E-state index in [1.165, 1.54) is 14.2 Å². The number of rotatable bonds is 5. The molecule has 1 aromatic heterocycles. The maximum atomic E-state index is 9.92. The number of methoxy groups -OCH3 is 2. The molecule has 4 aromatic rings. The zero-order valence-electron chi connectivity index (χ0n) is 15.6. The van der Waals surface area contributed by atoms with Gasteiger partial charge in [-0.1, -0.05) is 18.2 Å². The van der Waals surface area contributed by atoms with Gasteiger partial charge in [0.2, 0.25) is 0 Å². The summed E-state index contributed by atoms with van der Waals surface area (Å²) in [6.45, 7) is 0.537. The number of hydrogen-bond donors (Lipinski definition) is 2. The van der Waals surface area contributed by atoms with E-state index in [1.807, 2.05) is 42.5 Å². The van der Waals surface area contributed by atoms with Crippen LogP contribution >= 0.6 is 0 Å². The minimum Gasteiger partial charge on any atom is -0.504 e. The second kappa shape index (κ2) is 7.15. The highest BCUT2D eigenvalue weighted by Crippen LogP contribution is 2.34. The van der Waals surface area contributed by atoms with Gasteiger partial charge in [0.05, 0.1) is 25.3 Å². The molecule has 0 atom stereocenters. The molecular formula is C22H20N2O4. The van der Waals surface area contributed by atoms with Gasteiger partial charge in [-0.3, -0.25) is 0 Å². The molecule has 2 N–H and O–H groups in total. The molecule has 0 amide bonds. The van der Waals surface area contributed by atoms with Crippen LogP contribution in [-0.2, 0) is 6.54 Å². The lowest BCUT2D eigenvalue weighted by molar-refractivity contribution is 0.373. The average Bonchev–Trinajstić information content (AvgIpc) is 3.08. The van der Waals surface area contributed by atoms with Crippen molar-refractivity contribution in [3.63, 3.8) is 0 Å². The van der Waals surface area contributed by atoms with E-state index in [-0.39, 0.29) is 11.5 Å². The molecule has 28 heavy (non-hydrogen) atoms. The number of aromatic hydroxyl groups is 2. The van der Waals surface area contributed by atoms with Crippen LogP contribution in [0.2, 0.25) is 0 Å². The molecule has 0 spiro atoms. The summed E-state index contributed by atoms with van der Waals surface area (Å²) in [5.41, 5.74) is 3.65. The van der Waals surface area contributed by atoms with Crippen molar-refractivity contribution < 1.29 is 19.7 Å². The first kappa shape index (κ1) is 17.7. The highest BCUT2D eigenvalue weighted by atomic mass is 16.5. The monoisotopic (exact) mass is 376 g/mol. The highest BCUT2D eigenvalue weighted by molar-refractivity contribution is 5.81. The fourth-order valence-corrected chi connectivity index (χ4v) is 3.28. The Morgan fingerprint density at radius 1 is 0.857 bits per heavy atom. The van der Waals surface area contributed by atoms with Gasteiger partial charge in [-0.2, -0.15) is 0 Å². The molecule has 0 radical (unpaired) electrons.